The van der Waals surface area contributed by atoms with Crippen molar-refractivity contribution in [2.75, 3.05) is 6.54 Å². The molecule has 12 nitrogen and oxygen atoms in total. The molecule has 5 amide bonds. The predicted molar refractivity (Wildman–Crippen MR) is 162 cm³/mol. The molecule has 1 aliphatic heterocycles. The molecule has 1 saturated heterocycles. The highest BCUT2D eigenvalue weighted by atomic mass is 19.3. The van der Waals surface area contributed by atoms with Crippen LogP contribution < -0.4 is 21.7 Å². The van der Waals surface area contributed by atoms with Crippen LogP contribution >= 0.6 is 0 Å². The number of ether oxygens (including phenoxy) is 1. The highest BCUT2D eigenvalue weighted by Crippen LogP contribution is 2.51. The fourth-order valence-corrected chi connectivity index (χ4v) is 5.56. The number of esters is 1. The molecule has 45 heavy (non-hydrogen) atoms. The van der Waals surface area contributed by atoms with Gasteiger partial charge in [-0.2, -0.15) is 0 Å². The first-order chi connectivity index (χ1) is 20.4. The number of amides is 5. The topological polar surface area (TPSA) is 177 Å². The van der Waals surface area contributed by atoms with Crippen molar-refractivity contribution in [2.45, 2.75) is 124 Å². The number of likely N-dealkylation sites (tertiary alicyclic amines) is 1. The summed E-state index contributed by atoms with van der Waals surface area (Å²) in [6.07, 6.45) is -0.511. The van der Waals surface area contributed by atoms with Gasteiger partial charge in [-0.05, 0) is 56.8 Å². The Kier molecular flexibility index (Phi) is 11.8. The van der Waals surface area contributed by atoms with Crippen molar-refractivity contribution in [3.8, 4) is 0 Å². The Labute approximate surface area is 264 Å². The van der Waals surface area contributed by atoms with Gasteiger partial charge in [0.1, 0.15) is 23.7 Å². The molecule has 1 saturated carbocycles. The molecule has 0 spiro atoms. The van der Waals surface area contributed by atoms with Crippen molar-refractivity contribution in [1.82, 2.24) is 20.9 Å². The molecule has 2 rings (SSSR count). The van der Waals surface area contributed by atoms with Gasteiger partial charge in [0.25, 0.3) is 11.8 Å². The Hall–Kier alpha value is -3.32. The molecule has 256 valence electrons. The Morgan fingerprint density at radius 2 is 1.51 bits per heavy atom. The molecule has 2 fully saturated rings. The lowest BCUT2D eigenvalue weighted by Crippen LogP contribution is -2.62. The van der Waals surface area contributed by atoms with Gasteiger partial charge in [-0.15, -0.1) is 0 Å². The van der Waals surface area contributed by atoms with E-state index in [-0.39, 0.29) is 24.3 Å². The van der Waals surface area contributed by atoms with Crippen LogP contribution in [0.25, 0.3) is 0 Å². The summed E-state index contributed by atoms with van der Waals surface area (Å²) >= 11 is 0. The number of ketones is 1. The van der Waals surface area contributed by atoms with E-state index in [4.69, 9.17) is 10.5 Å². The van der Waals surface area contributed by atoms with Crippen molar-refractivity contribution in [2.24, 2.45) is 34.8 Å². The molecule has 6 atom stereocenters. The largest absolute Gasteiger partial charge is 0.458 e. The number of nitrogens with two attached hydrogens (primary N) is 1. The number of alkyl halides is 2. The van der Waals surface area contributed by atoms with E-state index in [2.05, 4.69) is 16.0 Å². The van der Waals surface area contributed by atoms with Crippen LogP contribution in [0.2, 0.25) is 0 Å². The van der Waals surface area contributed by atoms with Crippen molar-refractivity contribution < 1.29 is 42.3 Å². The first kappa shape index (κ1) is 37.9. The minimum atomic E-state index is -3.00. The van der Waals surface area contributed by atoms with Crippen molar-refractivity contribution in [3.63, 3.8) is 0 Å². The number of halogens is 2. The van der Waals surface area contributed by atoms with Crippen molar-refractivity contribution in [1.29, 1.82) is 0 Å². The fourth-order valence-electron chi connectivity index (χ4n) is 5.56. The molecule has 0 aromatic carbocycles. The van der Waals surface area contributed by atoms with E-state index >= 15 is 0 Å². The van der Waals surface area contributed by atoms with Gasteiger partial charge in [0.05, 0.1) is 6.04 Å². The summed E-state index contributed by atoms with van der Waals surface area (Å²) in [5, 5.41) is 7.73. The maximum absolute atomic E-state index is 14.1. The molecular formula is C31H51F2N5O7. The average Bonchev–Trinajstić information content (AvgIpc) is 3.26. The summed E-state index contributed by atoms with van der Waals surface area (Å²) < 4.78 is 32.8. The zero-order valence-corrected chi connectivity index (χ0v) is 28.1. The third kappa shape index (κ3) is 10.1. The average molecular weight is 644 g/mol. The van der Waals surface area contributed by atoms with Gasteiger partial charge in [-0.3, -0.25) is 19.2 Å². The number of carbonyl (C=O) groups is 6. The van der Waals surface area contributed by atoms with Gasteiger partial charge in [0.2, 0.25) is 17.6 Å². The predicted octanol–water partition coefficient (Wildman–Crippen LogP) is 2.52. The minimum Gasteiger partial charge on any atom is -0.458 e. The van der Waals surface area contributed by atoms with Gasteiger partial charge < -0.3 is 31.3 Å². The van der Waals surface area contributed by atoms with Gasteiger partial charge in [-0.1, -0.05) is 48.5 Å². The van der Waals surface area contributed by atoms with Crippen molar-refractivity contribution >= 4 is 35.5 Å². The maximum Gasteiger partial charge on any atom is 0.329 e. The summed E-state index contributed by atoms with van der Waals surface area (Å²) in [5.41, 5.74) is 3.51. The smallest absolute Gasteiger partial charge is 0.329 e. The molecule has 2 aliphatic rings. The van der Waals surface area contributed by atoms with Crippen LogP contribution in [0, 0.1) is 29.1 Å². The SMILES string of the molecule is CC(C)C1CCN(C(=O)[C@@H](NC(=O)N[C@H](C(=O)OC(C)(C)C)C(C)C)C(C)(C)C)[C@@H]1C(=O)NC(CC1CC1(F)F)C(=O)C(N)=O. The molecule has 0 aromatic rings. The van der Waals surface area contributed by atoms with Crippen molar-refractivity contribution in [3.05, 3.63) is 0 Å². The molecule has 3 unspecified atom stereocenters. The molecule has 5 N–H and O–H groups in total. The first-order valence-corrected chi connectivity index (χ1v) is 15.5. The highest BCUT2D eigenvalue weighted by molar-refractivity contribution is 6.37. The summed E-state index contributed by atoms with van der Waals surface area (Å²) in [6.45, 7) is 17.7. The van der Waals surface area contributed by atoms with E-state index < -0.39 is 95.4 Å². The minimum absolute atomic E-state index is 0.0958. The Bertz CT molecular complexity index is 1160. The number of primary amides is 1. The monoisotopic (exact) mass is 643 g/mol. The zero-order valence-electron chi connectivity index (χ0n) is 28.1. The number of urea groups is 1. The molecule has 14 heteroatoms. The van der Waals surface area contributed by atoms with E-state index in [1.54, 1.807) is 55.4 Å². The lowest BCUT2D eigenvalue weighted by Gasteiger charge is -2.37. The van der Waals surface area contributed by atoms with E-state index in [0.29, 0.717) is 6.42 Å². The fraction of sp³-hybridized carbons (Fsp3) is 0.806. The van der Waals surface area contributed by atoms with Crippen LogP contribution in [0.1, 0.15) is 88.5 Å². The lowest BCUT2D eigenvalue weighted by molar-refractivity contribution is -0.158. The number of hydrogen-bond acceptors (Lipinski definition) is 7. The van der Waals surface area contributed by atoms with Crippen LogP contribution in [-0.2, 0) is 28.7 Å². The lowest BCUT2D eigenvalue weighted by atomic mass is 9.84. The number of Topliss-reactive ketones (excluding diaryl/α,β-unsaturated/α-hetero) is 1. The second-order valence-corrected chi connectivity index (χ2v) is 15.0. The molecule has 0 bridgehead atoms. The van der Waals surface area contributed by atoms with Crippen LogP contribution in [0.15, 0.2) is 0 Å². The number of rotatable bonds is 12. The number of hydrogen-bond donors (Lipinski definition) is 4. The van der Waals surface area contributed by atoms with Crippen LogP contribution in [-0.4, -0.2) is 82.6 Å². The second-order valence-electron chi connectivity index (χ2n) is 15.0. The standard InChI is InChI=1S/C31H51F2N5O7/c1-15(2)18-11-12-38(21(18)25(41)35-19(22(39)24(34)40)13-17-14-31(17,32)33)26(42)23(29(5,6)7)37-28(44)36-20(16(3)4)27(43)45-30(8,9)10/h15-21,23H,11-14H2,1-10H3,(H2,34,40)(H,35,41)(H2,36,37,44)/t17?,18?,19?,20-,21-,23+/m0/s1. The van der Waals surface area contributed by atoms with Gasteiger partial charge in [0.15, 0.2) is 0 Å². The third-order valence-electron chi connectivity index (χ3n) is 8.21. The molecule has 1 aliphatic carbocycles. The Morgan fingerprint density at radius 1 is 0.956 bits per heavy atom. The number of nitrogens with one attached hydrogen (secondary N) is 3. The number of nitrogens with zero attached hydrogens (tertiary/aromatic N) is 1. The number of carbonyl (C=O) groups excluding carboxylic acids is 6. The highest BCUT2D eigenvalue weighted by Gasteiger charge is 2.58. The third-order valence-corrected chi connectivity index (χ3v) is 8.21. The summed E-state index contributed by atoms with van der Waals surface area (Å²) in [5.74, 6) is -9.52. The van der Waals surface area contributed by atoms with E-state index in [9.17, 15) is 37.5 Å². The van der Waals surface area contributed by atoms with Crippen LogP contribution in [0.3, 0.4) is 0 Å². The summed E-state index contributed by atoms with van der Waals surface area (Å²) in [6, 6.07) is -5.62. The summed E-state index contributed by atoms with van der Waals surface area (Å²) in [7, 11) is 0. The zero-order chi connectivity index (χ0) is 34.8. The Balaban J connectivity index is 2.33. The Morgan fingerprint density at radius 3 is 1.93 bits per heavy atom. The first-order valence-electron chi connectivity index (χ1n) is 15.5. The summed E-state index contributed by atoms with van der Waals surface area (Å²) in [4.78, 5) is 79.4. The molecule has 0 radical (unpaired) electrons. The second kappa shape index (κ2) is 14.0. The van der Waals surface area contributed by atoms with E-state index in [1.165, 1.54) is 4.90 Å². The molecule has 0 aromatic heterocycles. The van der Waals surface area contributed by atoms with E-state index in [0.717, 1.165) is 0 Å². The van der Waals surface area contributed by atoms with Gasteiger partial charge in [-0.25, -0.2) is 18.4 Å². The van der Waals surface area contributed by atoms with Crippen LogP contribution in [0.5, 0.6) is 0 Å². The normalized spacial score (nSPS) is 23.2. The van der Waals surface area contributed by atoms with Crippen LogP contribution in [0.4, 0.5) is 13.6 Å². The van der Waals surface area contributed by atoms with E-state index in [1.807, 2.05) is 13.8 Å². The maximum atomic E-state index is 14.1. The van der Waals surface area contributed by atoms with Gasteiger partial charge >= 0.3 is 12.0 Å². The molecular weight excluding hydrogens is 592 g/mol. The van der Waals surface area contributed by atoms with Gasteiger partial charge in [0, 0.05) is 18.9 Å². The quantitative estimate of drug-likeness (QED) is 0.187. The molecule has 1 heterocycles.